The van der Waals surface area contributed by atoms with Crippen molar-refractivity contribution in [1.29, 1.82) is 0 Å². The van der Waals surface area contributed by atoms with E-state index in [1.165, 1.54) is 0 Å². The molecule has 0 bridgehead atoms. The van der Waals surface area contributed by atoms with Crippen LogP contribution < -0.4 is 0 Å². The van der Waals surface area contributed by atoms with Crippen LogP contribution in [0.25, 0.3) is 0 Å². The Balaban J connectivity index is 0. The number of hydrogen-bond donors (Lipinski definition) is 0. The van der Waals surface area contributed by atoms with Gasteiger partial charge in [0.05, 0.1) is 0 Å². The largest absolute Gasteiger partial charge is 0.416 e. The molecule has 0 aliphatic rings. The van der Waals surface area contributed by atoms with Gasteiger partial charge in [0.25, 0.3) is 12.9 Å². The highest BCUT2D eigenvalue weighted by Crippen LogP contribution is 2.13. The molecule has 0 nitrogen and oxygen atoms in total. The molecule has 0 aliphatic carbocycles. The van der Waals surface area contributed by atoms with Gasteiger partial charge in [-0.15, -0.1) is 0 Å². The van der Waals surface area contributed by atoms with Gasteiger partial charge < -0.3 is 0 Å². The Hall–Kier alpha value is -0.560. The molecule has 0 spiro atoms. The molecule has 0 aromatic rings. The van der Waals surface area contributed by atoms with Gasteiger partial charge in [-0.2, -0.15) is 13.2 Å². The SMILES string of the molecule is FC(F)C(F)F.FCC(F)(F)F. The molecule has 0 fully saturated rings. The maximum Gasteiger partial charge on any atom is 0.416 e. The molecule has 0 aliphatic heterocycles. The standard InChI is InChI=1S/2C2H2F4/c3-1-2(4,5)6;3-1(4)2(5)6/h1H2;1-2H. The normalized spacial score (nSPS) is 11.5. The Bertz CT molecular complexity index is 87.7. The van der Waals surface area contributed by atoms with Crippen molar-refractivity contribution in [2.75, 3.05) is 6.67 Å². The molecule has 0 unspecified atom stereocenters. The highest BCUT2D eigenvalue weighted by atomic mass is 19.4. The molecule has 76 valence electrons. The summed E-state index contributed by atoms with van der Waals surface area (Å²) in [6, 6.07) is 0. The number of rotatable bonds is 1. The fourth-order valence-electron chi connectivity index (χ4n) is 0. The minimum absolute atomic E-state index is 2.23. The fourth-order valence-corrected chi connectivity index (χ4v) is 0. The molecule has 0 saturated heterocycles. The van der Waals surface area contributed by atoms with E-state index >= 15 is 0 Å². The maximum absolute atomic E-state index is 10.4. The van der Waals surface area contributed by atoms with E-state index in [-0.39, 0.29) is 0 Å². The summed E-state index contributed by atoms with van der Waals surface area (Å²) in [4.78, 5) is 0. The highest BCUT2D eigenvalue weighted by molar-refractivity contribution is 4.39. The van der Waals surface area contributed by atoms with Crippen LogP contribution in [0.3, 0.4) is 0 Å². The number of halogens is 8. The summed E-state index contributed by atoms with van der Waals surface area (Å²) in [6.45, 7) is -2.23. The van der Waals surface area contributed by atoms with Crippen molar-refractivity contribution in [2.45, 2.75) is 19.0 Å². The van der Waals surface area contributed by atoms with Crippen LogP contribution in [0.5, 0.6) is 0 Å². The topological polar surface area (TPSA) is 0 Å². The van der Waals surface area contributed by atoms with E-state index in [1.54, 1.807) is 0 Å². The Kier molecular flexibility index (Phi) is 7.01. The summed E-state index contributed by atoms with van der Waals surface area (Å²) in [5, 5.41) is 0. The highest BCUT2D eigenvalue weighted by Gasteiger charge is 2.26. The van der Waals surface area contributed by atoms with Crippen molar-refractivity contribution >= 4 is 0 Å². The second kappa shape index (κ2) is 6.01. The molecule has 0 saturated carbocycles. The van der Waals surface area contributed by atoms with Crippen molar-refractivity contribution in [3.63, 3.8) is 0 Å². The van der Waals surface area contributed by atoms with Crippen LogP contribution in [0.4, 0.5) is 35.1 Å². The fraction of sp³-hybridized carbons (Fsp3) is 1.00. The molecule has 0 N–H and O–H groups in total. The van der Waals surface area contributed by atoms with Gasteiger partial charge in [0.1, 0.15) is 0 Å². The molecular formula is C4H4F8. The van der Waals surface area contributed by atoms with Crippen LogP contribution in [0.15, 0.2) is 0 Å². The Labute approximate surface area is 62.2 Å². The quantitative estimate of drug-likeness (QED) is 0.576. The van der Waals surface area contributed by atoms with Crippen molar-refractivity contribution in [2.24, 2.45) is 0 Å². The van der Waals surface area contributed by atoms with Crippen LogP contribution >= 0.6 is 0 Å². The minimum Gasteiger partial charge on any atom is -0.241 e. The molecule has 0 aromatic heterocycles. The van der Waals surface area contributed by atoms with Gasteiger partial charge in [0.2, 0.25) is 0 Å². The first kappa shape index (κ1) is 14.0. The predicted molar refractivity (Wildman–Crippen MR) is 24.0 cm³/mol. The summed E-state index contributed by atoms with van der Waals surface area (Å²) in [7, 11) is 0. The van der Waals surface area contributed by atoms with E-state index in [1.807, 2.05) is 0 Å². The average molecular weight is 204 g/mol. The van der Waals surface area contributed by atoms with Crippen LogP contribution in [0.2, 0.25) is 0 Å². The number of hydrogen-bond acceptors (Lipinski definition) is 0. The van der Waals surface area contributed by atoms with Gasteiger partial charge in [0, 0.05) is 0 Å². The summed E-state index contributed by atoms with van der Waals surface area (Å²) in [5.74, 6) is 0. The second-order valence-electron chi connectivity index (χ2n) is 1.42. The Morgan fingerprint density at radius 2 is 1.00 bits per heavy atom. The second-order valence-corrected chi connectivity index (χ2v) is 1.42. The maximum atomic E-state index is 10.4. The van der Waals surface area contributed by atoms with Crippen molar-refractivity contribution < 1.29 is 35.1 Å². The van der Waals surface area contributed by atoms with E-state index < -0.39 is 25.7 Å². The van der Waals surface area contributed by atoms with Crippen LogP contribution in [0, 0.1) is 0 Å². The zero-order chi connectivity index (χ0) is 10.4. The lowest BCUT2D eigenvalue weighted by molar-refractivity contribution is -0.142. The van der Waals surface area contributed by atoms with Gasteiger partial charge in [0.15, 0.2) is 6.67 Å². The van der Waals surface area contributed by atoms with Crippen LogP contribution in [0.1, 0.15) is 0 Å². The van der Waals surface area contributed by atoms with Crippen molar-refractivity contribution in [1.82, 2.24) is 0 Å². The number of alkyl halides is 8. The molecule has 0 rings (SSSR count). The lowest BCUT2D eigenvalue weighted by Crippen LogP contribution is -2.08. The van der Waals surface area contributed by atoms with E-state index in [4.69, 9.17) is 0 Å². The van der Waals surface area contributed by atoms with Gasteiger partial charge >= 0.3 is 6.18 Å². The smallest absolute Gasteiger partial charge is 0.241 e. The molecule has 8 heteroatoms. The first-order chi connectivity index (χ1) is 5.20. The first-order valence-corrected chi connectivity index (χ1v) is 2.39. The molecule has 0 aromatic carbocycles. The molecule has 0 heterocycles. The van der Waals surface area contributed by atoms with Gasteiger partial charge in [-0.1, -0.05) is 0 Å². The summed E-state index contributed by atoms with van der Waals surface area (Å²) in [5.41, 5.74) is 0. The molecule has 0 radical (unpaired) electrons. The van der Waals surface area contributed by atoms with Crippen LogP contribution in [-0.4, -0.2) is 25.7 Å². The lowest BCUT2D eigenvalue weighted by atomic mass is 10.8. The summed E-state index contributed by atoms with van der Waals surface area (Å²) >= 11 is 0. The monoisotopic (exact) mass is 204 g/mol. The summed E-state index contributed by atoms with van der Waals surface area (Å²) < 4.78 is 83.2. The predicted octanol–water partition coefficient (Wildman–Crippen LogP) is 3.03. The average Bonchev–Trinajstić information content (AvgIpc) is 1.87. The third kappa shape index (κ3) is 16.2. The lowest BCUT2D eigenvalue weighted by Gasteiger charge is -1.93. The third-order valence-electron chi connectivity index (χ3n) is 0.342. The zero-order valence-corrected chi connectivity index (χ0v) is 5.39. The van der Waals surface area contributed by atoms with Crippen molar-refractivity contribution in [3.05, 3.63) is 0 Å². The van der Waals surface area contributed by atoms with Gasteiger partial charge in [-0.25, -0.2) is 22.0 Å². The molecule has 0 amide bonds. The summed E-state index contributed by atoms with van der Waals surface area (Å²) in [6.07, 6.45) is -11.6. The van der Waals surface area contributed by atoms with Crippen molar-refractivity contribution in [3.8, 4) is 0 Å². The Morgan fingerprint density at radius 1 is 0.833 bits per heavy atom. The van der Waals surface area contributed by atoms with E-state index in [0.717, 1.165) is 0 Å². The van der Waals surface area contributed by atoms with Crippen LogP contribution in [-0.2, 0) is 0 Å². The van der Waals surface area contributed by atoms with E-state index in [0.29, 0.717) is 0 Å². The van der Waals surface area contributed by atoms with Gasteiger partial charge in [-0.05, 0) is 0 Å². The third-order valence-corrected chi connectivity index (χ3v) is 0.342. The van der Waals surface area contributed by atoms with E-state index in [2.05, 4.69) is 0 Å². The van der Waals surface area contributed by atoms with E-state index in [9.17, 15) is 35.1 Å². The van der Waals surface area contributed by atoms with Gasteiger partial charge in [-0.3, -0.25) is 0 Å². The zero-order valence-electron chi connectivity index (χ0n) is 5.39. The minimum atomic E-state index is -4.62. The molecular weight excluding hydrogens is 200 g/mol. The molecule has 12 heavy (non-hydrogen) atoms. The Morgan fingerprint density at radius 3 is 1.00 bits per heavy atom. The first-order valence-electron chi connectivity index (χ1n) is 2.39. The molecule has 0 atom stereocenters.